The van der Waals surface area contributed by atoms with Crippen molar-refractivity contribution < 1.29 is 4.74 Å². The molecule has 0 aliphatic heterocycles. The van der Waals surface area contributed by atoms with Crippen LogP contribution in [0.5, 0.6) is 0 Å². The number of ether oxygens (including phenoxy) is 1. The normalized spacial score (nSPS) is 20.4. The standard InChI is InChI=1S/C32H42O/c1-5-13-27(14-6-1)21-23-31(29-17-9-3-10-18-29)25-33-26-32(30-19-11-4-12-20-30)24-22-28-15-7-2-8-16-28/h1-2,5-8,13-16,21-24,29-32H,3-4,9-12,17-20,25-26H2. The molecule has 1 nitrogen and oxygen atoms in total. The first-order chi connectivity index (χ1) is 16.4. The summed E-state index contributed by atoms with van der Waals surface area (Å²) in [5, 5.41) is 0. The van der Waals surface area contributed by atoms with E-state index in [2.05, 4.69) is 85.0 Å². The number of benzene rings is 2. The van der Waals surface area contributed by atoms with Crippen LogP contribution in [0, 0.1) is 23.7 Å². The SMILES string of the molecule is C(=CC(COCC(C=Cc1ccccc1)C1CCCCC1)C1CCCCC1)c1ccccc1. The molecule has 0 saturated heterocycles. The molecule has 2 aliphatic rings. The lowest BCUT2D eigenvalue weighted by Crippen LogP contribution is -2.25. The summed E-state index contributed by atoms with van der Waals surface area (Å²) in [5.74, 6) is 2.59. The van der Waals surface area contributed by atoms with Gasteiger partial charge in [0.1, 0.15) is 0 Å². The van der Waals surface area contributed by atoms with Crippen LogP contribution in [0.2, 0.25) is 0 Å². The van der Waals surface area contributed by atoms with E-state index in [1.807, 2.05) is 0 Å². The van der Waals surface area contributed by atoms with Crippen LogP contribution >= 0.6 is 0 Å². The van der Waals surface area contributed by atoms with Gasteiger partial charge in [-0.2, -0.15) is 0 Å². The molecule has 2 atom stereocenters. The van der Waals surface area contributed by atoms with E-state index in [1.165, 1.54) is 75.3 Å². The van der Waals surface area contributed by atoms with Gasteiger partial charge in [0.25, 0.3) is 0 Å². The van der Waals surface area contributed by atoms with Gasteiger partial charge in [0, 0.05) is 11.8 Å². The predicted molar refractivity (Wildman–Crippen MR) is 142 cm³/mol. The highest BCUT2D eigenvalue weighted by Gasteiger charge is 2.25. The monoisotopic (exact) mass is 442 g/mol. The first-order valence-corrected chi connectivity index (χ1v) is 13.4. The second-order valence-electron chi connectivity index (χ2n) is 10.2. The second-order valence-corrected chi connectivity index (χ2v) is 10.2. The van der Waals surface area contributed by atoms with E-state index in [1.54, 1.807) is 0 Å². The lowest BCUT2D eigenvalue weighted by molar-refractivity contribution is 0.0530. The first kappa shape index (κ1) is 24.0. The van der Waals surface area contributed by atoms with Crippen molar-refractivity contribution in [1.82, 2.24) is 0 Å². The Hall–Kier alpha value is -2.12. The molecule has 0 amide bonds. The van der Waals surface area contributed by atoms with Gasteiger partial charge in [-0.25, -0.2) is 0 Å². The Morgan fingerprint density at radius 2 is 0.970 bits per heavy atom. The molecule has 2 aromatic carbocycles. The van der Waals surface area contributed by atoms with Gasteiger partial charge >= 0.3 is 0 Å². The Labute approximate surface area is 202 Å². The lowest BCUT2D eigenvalue weighted by Gasteiger charge is -2.31. The van der Waals surface area contributed by atoms with E-state index >= 15 is 0 Å². The Kier molecular flexibility index (Phi) is 9.87. The molecule has 0 N–H and O–H groups in total. The van der Waals surface area contributed by atoms with Crippen molar-refractivity contribution in [2.75, 3.05) is 13.2 Å². The molecule has 2 saturated carbocycles. The Bertz CT molecular complexity index is 754. The van der Waals surface area contributed by atoms with E-state index in [0.29, 0.717) is 11.8 Å². The van der Waals surface area contributed by atoms with Crippen molar-refractivity contribution in [2.24, 2.45) is 23.7 Å². The molecule has 176 valence electrons. The third kappa shape index (κ3) is 8.00. The fourth-order valence-corrected chi connectivity index (χ4v) is 5.76. The molecule has 0 aromatic heterocycles. The molecular weight excluding hydrogens is 400 g/mol. The van der Waals surface area contributed by atoms with Crippen molar-refractivity contribution in [3.8, 4) is 0 Å². The fraction of sp³-hybridized carbons (Fsp3) is 0.500. The average Bonchev–Trinajstić information content (AvgIpc) is 2.90. The molecule has 2 unspecified atom stereocenters. The maximum atomic E-state index is 6.54. The molecule has 1 heteroatoms. The van der Waals surface area contributed by atoms with Crippen LogP contribution in [0.3, 0.4) is 0 Å². The van der Waals surface area contributed by atoms with Crippen molar-refractivity contribution in [2.45, 2.75) is 64.2 Å². The highest BCUT2D eigenvalue weighted by molar-refractivity contribution is 5.49. The van der Waals surface area contributed by atoms with Crippen LogP contribution in [0.25, 0.3) is 12.2 Å². The molecular formula is C32H42O. The van der Waals surface area contributed by atoms with Crippen molar-refractivity contribution in [3.05, 3.63) is 83.9 Å². The van der Waals surface area contributed by atoms with Gasteiger partial charge < -0.3 is 4.74 Å². The zero-order valence-electron chi connectivity index (χ0n) is 20.3. The summed E-state index contributed by atoms with van der Waals surface area (Å²) < 4.78 is 6.54. The Morgan fingerprint density at radius 1 is 0.576 bits per heavy atom. The molecule has 0 bridgehead atoms. The lowest BCUT2D eigenvalue weighted by atomic mass is 9.79. The summed E-state index contributed by atoms with van der Waals surface area (Å²) >= 11 is 0. The van der Waals surface area contributed by atoms with E-state index in [9.17, 15) is 0 Å². The maximum Gasteiger partial charge on any atom is 0.0531 e. The molecule has 2 aromatic rings. The summed E-state index contributed by atoms with van der Waals surface area (Å²) in [6.07, 6.45) is 23.3. The van der Waals surface area contributed by atoms with Crippen molar-refractivity contribution in [3.63, 3.8) is 0 Å². The highest BCUT2D eigenvalue weighted by atomic mass is 16.5. The predicted octanol–water partition coefficient (Wildman–Crippen LogP) is 8.82. The van der Waals surface area contributed by atoms with E-state index < -0.39 is 0 Å². The van der Waals surface area contributed by atoms with Gasteiger partial charge in [0.2, 0.25) is 0 Å². The molecule has 0 heterocycles. The molecule has 0 spiro atoms. The Morgan fingerprint density at radius 3 is 1.36 bits per heavy atom. The Balaban J connectivity index is 1.39. The smallest absolute Gasteiger partial charge is 0.0531 e. The van der Waals surface area contributed by atoms with Gasteiger partial charge in [0.05, 0.1) is 13.2 Å². The quantitative estimate of drug-likeness (QED) is 0.357. The van der Waals surface area contributed by atoms with Crippen LogP contribution < -0.4 is 0 Å². The van der Waals surface area contributed by atoms with E-state index in [4.69, 9.17) is 4.74 Å². The van der Waals surface area contributed by atoms with Crippen LogP contribution in [0.15, 0.2) is 72.8 Å². The van der Waals surface area contributed by atoms with Crippen LogP contribution in [-0.4, -0.2) is 13.2 Å². The van der Waals surface area contributed by atoms with E-state index in [0.717, 1.165) is 25.0 Å². The molecule has 2 fully saturated rings. The number of rotatable bonds is 10. The number of hydrogen-bond acceptors (Lipinski definition) is 1. The summed E-state index contributed by atoms with van der Waals surface area (Å²) in [4.78, 5) is 0. The van der Waals surface area contributed by atoms with Gasteiger partial charge in [-0.1, -0.05) is 123 Å². The minimum Gasteiger partial charge on any atom is -0.380 e. The minimum absolute atomic E-state index is 0.524. The minimum atomic E-state index is 0.524. The van der Waals surface area contributed by atoms with Gasteiger partial charge in [0.15, 0.2) is 0 Å². The van der Waals surface area contributed by atoms with E-state index in [-0.39, 0.29) is 0 Å². The van der Waals surface area contributed by atoms with Gasteiger partial charge in [-0.15, -0.1) is 0 Å². The molecule has 33 heavy (non-hydrogen) atoms. The second kappa shape index (κ2) is 13.6. The molecule has 2 aliphatic carbocycles. The van der Waals surface area contributed by atoms with Crippen molar-refractivity contribution >= 4 is 12.2 Å². The molecule has 0 radical (unpaired) electrons. The summed E-state index contributed by atoms with van der Waals surface area (Å²) in [6.45, 7) is 1.72. The first-order valence-electron chi connectivity index (χ1n) is 13.4. The number of hydrogen-bond donors (Lipinski definition) is 0. The summed E-state index contributed by atoms with van der Waals surface area (Å²) in [6, 6.07) is 21.5. The van der Waals surface area contributed by atoms with Gasteiger partial charge in [-0.05, 0) is 48.6 Å². The zero-order chi connectivity index (χ0) is 22.6. The van der Waals surface area contributed by atoms with Gasteiger partial charge in [-0.3, -0.25) is 0 Å². The third-order valence-electron chi connectivity index (χ3n) is 7.80. The summed E-state index contributed by atoms with van der Waals surface area (Å²) in [7, 11) is 0. The van der Waals surface area contributed by atoms with Crippen LogP contribution in [0.4, 0.5) is 0 Å². The third-order valence-corrected chi connectivity index (χ3v) is 7.80. The maximum absolute atomic E-state index is 6.54. The largest absolute Gasteiger partial charge is 0.380 e. The zero-order valence-corrected chi connectivity index (χ0v) is 20.3. The highest BCUT2D eigenvalue weighted by Crippen LogP contribution is 2.34. The fourth-order valence-electron chi connectivity index (χ4n) is 5.76. The van der Waals surface area contributed by atoms with Crippen molar-refractivity contribution in [1.29, 1.82) is 0 Å². The van der Waals surface area contributed by atoms with Crippen LogP contribution in [-0.2, 0) is 4.74 Å². The topological polar surface area (TPSA) is 9.23 Å². The molecule has 4 rings (SSSR count). The average molecular weight is 443 g/mol. The summed E-state index contributed by atoms with van der Waals surface area (Å²) in [5.41, 5.74) is 2.59. The van der Waals surface area contributed by atoms with Crippen LogP contribution in [0.1, 0.15) is 75.3 Å².